The summed E-state index contributed by atoms with van der Waals surface area (Å²) in [7, 11) is 2.02. The number of benzene rings is 1. The molecule has 0 spiro atoms. The maximum absolute atomic E-state index is 13.0. The van der Waals surface area contributed by atoms with Crippen molar-refractivity contribution >= 4 is 5.91 Å². The number of para-hydroxylation sites is 1. The van der Waals surface area contributed by atoms with Crippen LogP contribution in [-0.4, -0.2) is 58.0 Å². The summed E-state index contributed by atoms with van der Waals surface area (Å²) in [5.41, 5.74) is 1.15. The van der Waals surface area contributed by atoms with Gasteiger partial charge >= 0.3 is 0 Å². The predicted octanol–water partition coefficient (Wildman–Crippen LogP) is 1.71. The Balaban J connectivity index is 1.34. The molecule has 0 radical (unpaired) electrons. The van der Waals surface area contributed by atoms with E-state index in [0.717, 1.165) is 62.7 Å². The molecule has 26 heavy (non-hydrogen) atoms. The van der Waals surface area contributed by atoms with Crippen LogP contribution >= 0.6 is 0 Å². The summed E-state index contributed by atoms with van der Waals surface area (Å²) in [5.74, 6) is 2.31. The van der Waals surface area contributed by atoms with Gasteiger partial charge in [-0.15, -0.1) is 0 Å². The lowest BCUT2D eigenvalue weighted by Gasteiger charge is -2.36. The second-order valence-electron chi connectivity index (χ2n) is 7.20. The topological polar surface area (TPSA) is 50.6 Å². The number of hydrogen-bond acceptors (Lipinski definition) is 4. The van der Waals surface area contributed by atoms with E-state index in [1.54, 1.807) is 0 Å². The molecule has 1 aromatic carbocycles. The van der Waals surface area contributed by atoms with Crippen molar-refractivity contribution in [2.75, 3.05) is 32.8 Å². The summed E-state index contributed by atoms with van der Waals surface area (Å²) in [6, 6.07) is 8.08. The summed E-state index contributed by atoms with van der Waals surface area (Å²) in [5, 5.41) is 0. The van der Waals surface area contributed by atoms with Crippen molar-refractivity contribution in [3.8, 4) is 5.75 Å². The Bertz CT molecular complexity index is 765. The first kappa shape index (κ1) is 17.1. The molecule has 138 valence electrons. The number of nitrogens with zero attached hydrogens (tertiary/aromatic N) is 4. The lowest BCUT2D eigenvalue weighted by molar-refractivity contribution is -0.137. The molecule has 0 aliphatic carbocycles. The van der Waals surface area contributed by atoms with Crippen LogP contribution in [0.15, 0.2) is 36.7 Å². The molecule has 0 saturated carbocycles. The molecule has 1 unspecified atom stereocenters. The first-order valence-corrected chi connectivity index (χ1v) is 9.39. The Kier molecular flexibility index (Phi) is 4.93. The number of aromatic nitrogens is 2. The number of ether oxygens (including phenoxy) is 1. The van der Waals surface area contributed by atoms with Crippen molar-refractivity contribution in [3.05, 3.63) is 48.0 Å². The SMILES string of the molecule is Cn1ccnc1CN1CCN(C(=O)C2CCOc3ccccc3C2)CC1. The van der Waals surface area contributed by atoms with Crippen molar-refractivity contribution in [1.29, 1.82) is 0 Å². The van der Waals surface area contributed by atoms with E-state index >= 15 is 0 Å². The van der Waals surface area contributed by atoms with Crippen LogP contribution in [0.5, 0.6) is 5.75 Å². The van der Waals surface area contributed by atoms with Crippen molar-refractivity contribution in [2.24, 2.45) is 13.0 Å². The molecule has 3 heterocycles. The molecule has 1 atom stereocenters. The molecular weight excluding hydrogens is 328 g/mol. The fourth-order valence-electron chi connectivity index (χ4n) is 3.84. The van der Waals surface area contributed by atoms with E-state index in [4.69, 9.17) is 4.74 Å². The lowest BCUT2D eigenvalue weighted by atomic mass is 9.95. The zero-order chi connectivity index (χ0) is 17.9. The van der Waals surface area contributed by atoms with Gasteiger partial charge in [-0.2, -0.15) is 0 Å². The monoisotopic (exact) mass is 354 g/mol. The lowest BCUT2D eigenvalue weighted by Crippen LogP contribution is -2.50. The van der Waals surface area contributed by atoms with Gasteiger partial charge in [0.05, 0.1) is 13.2 Å². The molecule has 0 N–H and O–H groups in total. The molecule has 2 aromatic rings. The van der Waals surface area contributed by atoms with E-state index in [1.807, 2.05) is 42.5 Å². The van der Waals surface area contributed by atoms with Crippen LogP contribution in [0.25, 0.3) is 0 Å². The van der Waals surface area contributed by atoms with Crippen LogP contribution in [0.4, 0.5) is 0 Å². The minimum absolute atomic E-state index is 0.0275. The molecule has 1 aromatic heterocycles. The van der Waals surface area contributed by atoms with Gasteiger partial charge in [0.2, 0.25) is 5.91 Å². The van der Waals surface area contributed by atoms with Crippen molar-refractivity contribution in [2.45, 2.75) is 19.4 Å². The minimum atomic E-state index is 0.0275. The highest BCUT2D eigenvalue weighted by Crippen LogP contribution is 2.27. The van der Waals surface area contributed by atoms with E-state index in [-0.39, 0.29) is 11.8 Å². The molecule has 4 rings (SSSR count). The van der Waals surface area contributed by atoms with Crippen LogP contribution in [0.3, 0.4) is 0 Å². The number of carbonyl (C=O) groups excluding carboxylic acids is 1. The molecule has 1 saturated heterocycles. The molecule has 0 bridgehead atoms. The first-order valence-electron chi connectivity index (χ1n) is 9.39. The summed E-state index contributed by atoms with van der Waals surface area (Å²) in [4.78, 5) is 21.8. The van der Waals surface area contributed by atoms with Gasteiger partial charge in [-0.05, 0) is 24.5 Å². The Labute approximate surface area is 154 Å². The van der Waals surface area contributed by atoms with Crippen LogP contribution < -0.4 is 4.74 Å². The third kappa shape index (κ3) is 3.60. The number of fused-ring (bicyclic) bond motifs is 1. The molecular formula is C20H26N4O2. The smallest absolute Gasteiger partial charge is 0.226 e. The second-order valence-corrected chi connectivity index (χ2v) is 7.20. The maximum atomic E-state index is 13.0. The van der Waals surface area contributed by atoms with Gasteiger partial charge in [0.1, 0.15) is 11.6 Å². The fraction of sp³-hybridized carbons (Fsp3) is 0.500. The van der Waals surface area contributed by atoms with Gasteiger partial charge in [0.25, 0.3) is 0 Å². The third-order valence-electron chi connectivity index (χ3n) is 5.48. The minimum Gasteiger partial charge on any atom is -0.493 e. The van der Waals surface area contributed by atoms with Crippen LogP contribution in [0.2, 0.25) is 0 Å². The van der Waals surface area contributed by atoms with Gasteiger partial charge in [0, 0.05) is 51.5 Å². The Morgan fingerprint density at radius 1 is 1.23 bits per heavy atom. The summed E-state index contributed by atoms with van der Waals surface area (Å²) in [6.07, 6.45) is 5.38. The molecule has 2 aliphatic rings. The van der Waals surface area contributed by atoms with E-state index in [2.05, 4.69) is 20.5 Å². The van der Waals surface area contributed by atoms with Crippen LogP contribution in [0.1, 0.15) is 17.8 Å². The normalized spacial score (nSPS) is 21.0. The average molecular weight is 354 g/mol. The van der Waals surface area contributed by atoms with Gasteiger partial charge in [0.15, 0.2) is 0 Å². The molecule has 6 heteroatoms. The van der Waals surface area contributed by atoms with Gasteiger partial charge in [-0.25, -0.2) is 4.98 Å². The highest BCUT2D eigenvalue weighted by atomic mass is 16.5. The van der Waals surface area contributed by atoms with Crippen molar-refractivity contribution < 1.29 is 9.53 Å². The summed E-state index contributed by atoms with van der Waals surface area (Å²) in [6.45, 7) is 4.85. The third-order valence-corrected chi connectivity index (χ3v) is 5.48. The highest BCUT2D eigenvalue weighted by molar-refractivity contribution is 5.79. The van der Waals surface area contributed by atoms with Gasteiger partial charge < -0.3 is 14.2 Å². The van der Waals surface area contributed by atoms with Crippen LogP contribution in [-0.2, 0) is 24.8 Å². The second kappa shape index (κ2) is 7.50. The fourth-order valence-corrected chi connectivity index (χ4v) is 3.84. The Morgan fingerprint density at radius 3 is 2.81 bits per heavy atom. The molecule has 6 nitrogen and oxygen atoms in total. The molecule has 2 aliphatic heterocycles. The van der Waals surface area contributed by atoms with Crippen molar-refractivity contribution in [3.63, 3.8) is 0 Å². The quantitative estimate of drug-likeness (QED) is 0.842. The largest absolute Gasteiger partial charge is 0.493 e. The summed E-state index contributed by atoms with van der Waals surface area (Å²) >= 11 is 0. The number of carbonyl (C=O) groups is 1. The number of imidazole rings is 1. The number of rotatable bonds is 3. The van der Waals surface area contributed by atoms with Gasteiger partial charge in [-0.3, -0.25) is 9.69 Å². The summed E-state index contributed by atoms with van der Waals surface area (Å²) < 4.78 is 7.87. The van der Waals surface area contributed by atoms with E-state index in [9.17, 15) is 4.79 Å². The van der Waals surface area contributed by atoms with E-state index in [1.165, 1.54) is 0 Å². The Morgan fingerprint density at radius 2 is 2.04 bits per heavy atom. The molecule has 1 fully saturated rings. The zero-order valence-electron chi connectivity index (χ0n) is 15.3. The maximum Gasteiger partial charge on any atom is 0.226 e. The van der Waals surface area contributed by atoms with Crippen LogP contribution in [0, 0.1) is 5.92 Å². The Hall–Kier alpha value is -2.34. The van der Waals surface area contributed by atoms with E-state index < -0.39 is 0 Å². The first-order chi connectivity index (χ1) is 12.7. The molecule has 1 amide bonds. The standard InChI is InChI=1S/C20H26N4O2/c1-22-8-7-21-19(22)15-23-9-11-24(12-10-23)20(25)17-6-13-26-18-5-3-2-4-16(18)14-17/h2-5,7-8,17H,6,9-15H2,1H3. The zero-order valence-corrected chi connectivity index (χ0v) is 15.3. The number of aryl methyl sites for hydroxylation is 1. The number of amides is 1. The predicted molar refractivity (Wildman–Crippen MR) is 98.8 cm³/mol. The van der Waals surface area contributed by atoms with E-state index in [0.29, 0.717) is 6.61 Å². The number of piperazine rings is 1. The van der Waals surface area contributed by atoms with Crippen molar-refractivity contribution in [1.82, 2.24) is 19.4 Å². The highest BCUT2D eigenvalue weighted by Gasteiger charge is 2.29. The number of hydrogen-bond donors (Lipinski definition) is 0. The average Bonchev–Trinajstić information content (AvgIpc) is 2.94. The van der Waals surface area contributed by atoms with Gasteiger partial charge in [-0.1, -0.05) is 18.2 Å².